The molecule has 40 heavy (non-hydrogen) atoms. The summed E-state index contributed by atoms with van der Waals surface area (Å²) in [6.07, 6.45) is -2.76. The summed E-state index contributed by atoms with van der Waals surface area (Å²) in [7, 11) is 0. The van der Waals surface area contributed by atoms with Gasteiger partial charge >= 0.3 is 12.1 Å². The number of rotatable bonds is 21. The molecule has 0 aliphatic carbocycles. The molecule has 0 aliphatic heterocycles. The van der Waals surface area contributed by atoms with Crippen LogP contribution in [0, 0.1) is 10.8 Å². The molecule has 0 saturated carbocycles. The summed E-state index contributed by atoms with van der Waals surface area (Å²) in [5.41, 5.74) is -1.21. The molecule has 0 heterocycles. The number of carbonyl (C=O) groups is 2. The van der Waals surface area contributed by atoms with Crippen LogP contribution in [0.5, 0.6) is 0 Å². The van der Waals surface area contributed by atoms with Crippen molar-refractivity contribution < 1.29 is 53.7 Å². The number of amides is 1. The Morgan fingerprint density at radius 2 is 1.35 bits per heavy atom. The van der Waals surface area contributed by atoms with E-state index in [0.717, 1.165) is 0 Å². The largest absolute Gasteiger partial charge is 0.481 e. The number of carbonyl (C=O) groups excluding carboxylic acids is 1. The van der Waals surface area contributed by atoms with Crippen molar-refractivity contribution in [1.82, 2.24) is 5.32 Å². The van der Waals surface area contributed by atoms with E-state index < -0.39 is 47.9 Å². The molecule has 0 aromatic rings. The first-order valence-electron chi connectivity index (χ1n) is 13.9. The van der Waals surface area contributed by atoms with Gasteiger partial charge in [-0.15, -0.1) is 0 Å². The molecular formula is C28H55NO11. The summed E-state index contributed by atoms with van der Waals surface area (Å²) in [6.45, 7) is 16.3. The minimum atomic E-state index is -1.04. The van der Waals surface area contributed by atoms with Gasteiger partial charge in [0.05, 0.1) is 50.2 Å². The van der Waals surface area contributed by atoms with Crippen molar-refractivity contribution >= 4 is 12.1 Å². The Kier molecular flexibility index (Phi) is 17.4. The summed E-state index contributed by atoms with van der Waals surface area (Å²) in [4.78, 5) is 22.5. The number of carboxylic acids is 1. The summed E-state index contributed by atoms with van der Waals surface area (Å²) in [6, 6.07) is 0. The Balaban J connectivity index is 5.16. The van der Waals surface area contributed by atoms with E-state index in [9.17, 15) is 24.9 Å². The highest BCUT2D eigenvalue weighted by atomic mass is 16.7. The maximum Gasteiger partial charge on any atom is 0.407 e. The second kappa shape index (κ2) is 18.1. The average molecular weight is 582 g/mol. The molecule has 238 valence electrons. The minimum Gasteiger partial charge on any atom is -0.481 e. The third-order valence-corrected chi connectivity index (χ3v) is 5.60. The lowest BCUT2D eigenvalue weighted by Crippen LogP contribution is -2.42. The third kappa shape index (κ3) is 19.5. The van der Waals surface area contributed by atoms with E-state index in [2.05, 4.69) is 5.32 Å². The van der Waals surface area contributed by atoms with Crippen LogP contribution in [0.25, 0.3) is 0 Å². The average Bonchev–Trinajstić information content (AvgIpc) is 2.78. The molecule has 0 radical (unpaired) electrons. The number of nitrogens with one attached hydrogen (secondary N) is 1. The maximum absolute atomic E-state index is 11.9. The second-order valence-corrected chi connectivity index (χ2v) is 13.0. The molecule has 12 nitrogen and oxygen atoms in total. The highest BCUT2D eigenvalue weighted by Gasteiger charge is 2.35. The lowest BCUT2D eigenvalue weighted by atomic mass is 9.77. The highest BCUT2D eigenvalue weighted by molar-refractivity contribution is 5.70. The van der Waals surface area contributed by atoms with Gasteiger partial charge in [-0.25, -0.2) is 4.79 Å². The number of ether oxygens (including phenoxy) is 5. The molecule has 4 unspecified atom stereocenters. The van der Waals surface area contributed by atoms with Crippen molar-refractivity contribution in [3.63, 3.8) is 0 Å². The number of hydrogen-bond acceptors (Lipinski definition) is 10. The zero-order chi connectivity index (χ0) is 31.1. The zero-order valence-corrected chi connectivity index (χ0v) is 25.9. The molecule has 0 rings (SSSR count). The molecule has 5 N–H and O–H groups in total. The van der Waals surface area contributed by atoms with Crippen LogP contribution in [0.2, 0.25) is 0 Å². The van der Waals surface area contributed by atoms with Gasteiger partial charge in [-0.05, 0) is 57.8 Å². The number of aliphatic carboxylic acids is 1. The van der Waals surface area contributed by atoms with Crippen LogP contribution in [0.4, 0.5) is 4.79 Å². The molecule has 0 saturated heterocycles. The highest BCUT2D eigenvalue weighted by Crippen LogP contribution is 2.36. The Bertz CT molecular complexity index is 722. The lowest BCUT2D eigenvalue weighted by Gasteiger charge is -2.39. The van der Waals surface area contributed by atoms with Gasteiger partial charge in [0.2, 0.25) is 0 Å². The molecule has 0 aliphatic rings. The molecule has 12 heteroatoms. The third-order valence-electron chi connectivity index (χ3n) is 5.60. The number of aliphatic hydroxyl groups excluding tert-OH is 3. The Labute approximate surface area is 239 Å². The molecular weight excluding hydrogens is 526 g/mol. The number of aliphatic hydroxyl groups is 3. The van der Waals surface area contributed by atoms with Crippen LogP contribution >= 0.6 is 0 Å². The summed E-state index contributed by atoms with van der Waals surface area (Å²) in [5.74, 6) is -1.04. The number of carboxylic acid groups (broad SMARTS) is 1. The number of alkyl carbamates (subject to hydrolysis) is 1. The summed E-state index contributed by atoms with van der Waals surface area (Å²) in [5, 5.41) is 40.7. The fourth-order valence-electron chi connectivity index (χ4n) is 4.65. The van der Waals surface area contributed by atoms with Gasteiger partial charge in [-0.3, -0.25) is 4.79 Å². The van der Waals surface area contributed by atoms with Crippen LogP contribution in [0.1, 0.15) is 88.0 Å². The minimum absolute atomic E-state index is 0.0729. The molecule has 1 amide bonds. The second-order valence-electron chi connectivity index (χ2n) is 13.0. The van der Waals surface area contributed by atoms with E-state index in [1.165, 1.54) is 0 Å². The molecule has 0 spiro atoms. The van der Waals surface area contributed by atoms with Crippen LogP contribution in [0.3, 0.4) is 0 Å². The predicted molar refractivity (Wildman–Crippen MR) is 149 cm³/mol. The van der Waals surface area contributed by atoms with Crippen LogP contribution in [-0.2, 0) is 28.5 Å². The summed E-state index contributed by atoms with van der Waals surface area (Å²) < 4.78 is 28.8. The zero-order valence-electron chi connectivity index (χ0n) is 25.9. The van der Waals surface area contributed by atoms with Crippen LogP contribution < -0.4 is 5.32 Å². The maximum atomic E-state index is 11.9. The Morgan fingerprint density at radius 3 is 1.82 bits per heavy atom. The van der Waals surface area contributed by atoms with Crippen molar-refractivity contribution in [2.75, 3.05) is 33.0 Å². The topological polar surface area (TPSA) is 173 Å². The fourth-order valence-corrected chi connectivity index (χ4v) is 4.65. The molecule has 4 atom stereocenters. The first-order chi connectivity index (χ1) is 18.3. The molecule has 0 aromatic carbocycles. The fraction of sp³-hybridized carbons (Fsp3) is 0.929. The monoisotopic (exact) mass is 581 g/mol. The molecule has 0 fully saturated rings. The first kappa shape index (κ1) is 38.5. The van der Waals surface area contributed by atoms with E-state index in [-0.39, 0.29) is 50.9 Å². The Hall–Kier alpha value is -1.54. The SMILES string of the molecule is CC(C)OC(COC(=O)NCCC(=O)O)OC(CO)CC(C)(C)CC(C)(C)OC(CO)OC(CO)CC(C)(C)C. The first-order valence-corrected chi connectivity index (χ1v) is 13.9. The predicted octanol–water partition coefficient (Wildman–Crippen LogP) is 3.05. The van der Waals surface area contributed by atoms with E-state index in [1.54, 1.807) is 13.8 Å². The molecule has 0 aromatic heterocycles. The van der Waals surface area contributed by atoms with Crippen molar-refractivity contribution in [3.05, 3.63) is 0 Å². The Morgan fingerprint density at radius 1 is 0.800 bits per heavy atom. The van der Waals surface area contributed by atoms with Gasteiger partial charge < -0.3 is 49.4 Å². The van der Waals surface area contributed by atoms with Crippen molar-refractivity contribution in [3.8, 4) is 0 Å². The van der Waals surface area contributed by atoms with Gasteiger partial charge in [0.25, 0.3) is 0 Å². The van der Waals surface area contributed by atoms with Crippen molar-refractivity contribution in [1.29, 1.82) is 0 Å². The number of hydrogen-bond donors (Lipinski definition) is 5. The quantitative estimate of drug-likeness (QED) is 0.126. The van der Waals surface area contributed by atoms with Crippen LogP contribution in [-0.4, -0.2) is 102 Å². The lowest BCUT2D eigenvalue weighted by molar-refractivity contribution is -0.248. The van der Waals surface area contributed by atoms with Gasteiger partial charge in [0.15, 0.2) is 12.6 Å². The van der Waals surface area contributed by atoms with Gasteiger partial charge in [-0.2, -0.15) is 0 Å². The van der Waals surface area contributed by atoms with E-state index >= 15 is 0 Å². The smallest absolute Gasteiger partial charge is 0.407 e. The van der Waals surface area contributed by atoms with Gasteiger partial charge in [0, 0.05) is 6.54 Å². The standard InChI is InChI=1S/C28H55NO11/c1-19(2)37-24(17-36-25(35)29-11-10-22(33)34)39-21(15-31)13-27(6,7)18-28(8,9)40-23(16-32)38-20(14-30)12-26(3,4)5/h19-21,23-24,30-32H,10-18H2,1-9H3,(H,29,35)(H,33,34). The van der Waals surface area contributed by atoms with Crippen molar-refractivity contribution in [2.45, 2.75) is 124 Å². The van der Waals surface area contributed by atoms with E-state index in [0.29, 0.717) is 19.3 Å². The van der Waals surface area contributed by atoms with Gasteiger partial charge in [0.1, 0.15) is 6.61 Å². The normalized spacial score (nSPS) is 15.9. The van der Waals surface area contributed by atoms with Gasteiger partial charge in [-0.1, -0.05) is 34.6 Å². The van der Waals surface area contributed by atoms with E-state index in [1.807, 2.05) is 48.5 Å². The summed E-state index contributed by atoms with van der Waals surface area (Å²) >= 11 is 0. The van der Waals surface area contributed by atoms with Crippen molar-refractivity contribution in [2.24, 2.45) is 10.8 Å². The van der Waals surface area contributed by atoms with Crippen LogP contribution in [0.15, 0.2) is 0 Å². The van der Waals surface area contributed by atoms with E-state index in [4.69, 9.17) is 28.8 Å². The molecule has 0 bridgehead atoms.